The van der Waals surface area contributed by atoms with Crippen molar-refractivity contribution >= 4 is 6.21 Å². The lowest BCUT2D eigenvalue weighted by atomic mass is 9.87. The van der Waals surface area contributed by atoms with Crippen LogP contribution in [0.25, 0.3) is 0 Å². The molecule has 0 bridgehead atoms. The van der Waals surface area contributed by atoms with Crippen LogP contribution in [0.1, 0.15) is 47.5 Å². The van der Waals surface area contributed by atoms with Crippen LogP contribution >= 0.6 is 0 Å². The van der Waals surface area contributed by atoms with E-state index in [2.05, 4.69) is 67.5 Å². The molecule has 0 saturated heterocycles. The Hall–Kier alpha value is -1.31. The normalized spacial score (nSPS) is 28.8. The standard InChI is InChI=1S/C15H22N2.C2H6/c1-4-13-11-16-17(12-13)14-7-6-9-15(3,5-2)10-8-14;1-2/h6-11,13H,4-5,12H2,1-3H3;1-2H3. The van der Waals surface area contributed by atoms with Gasteiger partial charge in [-0.3, -0.25) is 5.01 Å². The number of hydrazone groups is 1. The molecule has 0 aromatic carbocycles. The van der Waals surface area contributed by atoms with Gasteiger partial charge in [-0.25, -0.2) is 0 Å². The monoisotopic (exact) mass is 260 g/mol. The second-order valence-corrected chi connectivity index (χ2v) is 5.16. The molecule has 0 spiro atoms. The molecule has 19 heavy (non-hydrogen) atoms. The van der Waals surface area contributed by atoms with Crippen molar-refractivity contribution in [2.45, 2.75) is 47.5 Å². The third kappa shape index (κ3) is 4.09. The third-order valence-electron chi connectivity index (χ3n) is 3.79. The van der Waals surface area contributed by atoms with E-state index in [-0.39, 0.29) is 5.41 Å². The summed E-state index contributed by atoms with van der Waals surface area (Å²) < 4.78 is 0. The molecular weight excluding hydrogens is 232 g/mol. The van der Waals surface area contributed by atoms with Gasteiger partial charge in [0.1, 0.15) is 0 Å². The molecule has 2 nitrogen and oxygen atoms in total. The largest absolute Gasteiger partial charge is 0.265 e. The van der Waals surface area contributed by atoms with Crippen molar-refractivity contribution in [3.63, 3.8) is 0 Å². The molecule has 0 radical (unpaired) electrons. The zero-order valence-corrected chi connectivity index (χ0v) is 13.1. The summed E-state index contributed by atoms with van der Waals surface area (Å²) in [5.41, 5.74) is 1.39. The summed E-state index contributed by atoms with van der Waals surface area (Å²) in [6.45, 7) is 11.7. The Bertz CT molecular complexity index is 390. The van der Waals surface area contributed by atoms with Gasteiger partial charge in [-0.05, 0) is 25.0 Å². The van der Waals surface area contributed by atoms with Crippen molar-refractivity contribution in [2.75, 3.05) is 6.54 Å². The van der Waals surface area contributed by atoms with Gasteiger partial charge < -0.3 is 0 Å². The number of hydrogen-bond acceptors (Lipinski definition) is 2. The fourth-order valence-corrected chi connectivity index (χ4v) is 2.06. The van der Waals surface area contributed by atoms with Crippen molar-refractivity contribution in [3.05, 3.63) is 36.1 Å². The van der Waals surface area contributed by atoms with Gasteiger partial charge in [-0.2, -0.15) is 5.10 Å². The molecule has 0 fully saturated rings. The average Bonchev–Trinajstić information content (AvgIpc) is 2.85. The maximum absolute atomic E-state index is 4.48. The molecule has 1 heterocycles. The quantitative estimate of drug-likeness (QED) is 0.714. The molecule has 1 aliphatic heterocycles. The predicted molar refractivity (Wildman–Crippen MR) is 85.1 cm³/mol. The Morgan fingerprint density at radius 1 is 1.32 bits per heavy atom. The molecule has 0 N–H and O–H groups in total. The van der Waals surface area contributed by atoms with Gasteiger partial charge in [-0.15, -0.1) is 0 Å². The van der Waals surface area contributed by atoms with Crippen LogP contribution in [-0.4, -0.2) is 17.8 Å². The van der Waals surface area contributed by atoms with E-state index in [0.29, 0.717) is 5.92 Å². The van der Waals surface area contributed by atoms with Crippen LogP contribution in [0.3, 0.4) is 0 Å². The molecule has 0 amide bonds. The molecule has 0 aromatic heterocycles. The lowest BCUT2D eigenvalue weighted by Gasteiger charge is -2.19. The maximum atomic E-state index is 4.48. The second kappa shape index (κ2) is 7.32. The number of allylic oxidation sites excluding steroid dienone is 5. The SMILES string of the molecule is CC.CCC1C=NN(C2=CC=CC(C)(CC)C=C2)C1. The van der Waals surface area contributed by atoms with E-state index in [0.717, 1.165) is 13.0 Å². The summed E-state index contributed by atoms with van der Waals surface area (Å²) in [7, 11) is 0. The first kappa shape index (κ1) is 15.7. The van der Waals surface area contributed by atoms with Crippen LogP contribution in [-0.2, 0) is 0 Å². The Morgan fingerprint density at radius 2 is 2.05 bits per heavy atom. The van der Waals surface area contributed by atoms with Crippen LogP contribution in [0.5, 0.6) is 0 Å². The van der Waals surface area contributed by atoms with Crippen molar-refractivity contribution in [2.24, 2.45) is 16.4 Å². The first-order valence-electron chi connectivity index (χ1n) is 7.57. The van der Waals surface area contributed by atoms with E-state index >= 15 is 0 Å². The maximum Gasteiger partial charge on any atom is 0.0591 e. The Kier molecular flexibility index (Phi) is 6.07. The molecule has 0 aromatic rings. The highest BCUT2D eigenvalue weighted by Crippen LogP contribution is 2.29. The number of hydrogen-bond donors (Lipinski definition) is 0. The lowest BCUT2D eigenvalue weighted by molar-refractivity contribution is 0.377. The molecule has 2 atom stereocenters. The van der Waals surface area contributed by atoms with Gasteiger partial charge in [0.15, 0.2) is 0 Å². The molecule has 0 saturated carbocycles. The molecule has 2 unspecified atom stereocenters. The first-order chi connectivity index (χ1) is 9.17. The summed E-state index contributed by atoms with van der Waals surface area (Å²) in [4.78, 5) is 0. The first-order valence-corrected chi connectivity index (χ1v) is 7.57. The van der Waals surface area contributed by atoms with E-state index in [1.165, 1.54) is 12.1 Å². The summed E-state index contributed by atoms with van der Waals surface area (Å²) >= 11 is 0. The number of rotatable bonds is 3. The van der Waals surface area contributed by atoms with E-state index in [1.54, 1.807) is 0 Å². The van der Waals surface area contributed by atoms with Crippen molar-refractivity contribution < 1.29 is 0 Å². The van der Waals surface area contributed by atoms with Gasteiger partial charge in [0.2, 0.25) is 0 Å². The van der Waals surface area contributed by atoms with Gasteiger partial charge in [-0.1, -0.05) is 52.8 Å². The van der Waals surface area contributed by atoms with Gasteiger partial charge >= 0.3 is 0 Å². The van der Waals surface area contributed by atoms with Crippen LogP contribution in [0.4, 0.5) is 0 Å². The summed E-state index contributed by atoms with van der Waals surface area (Å²) in [5, 5.41) is 6.59. The van der Waals surface area contributed by atoms with Crippen molar-refractivity contribution in [3.8, 4) is 0 Å². The Balaban J connectivity index is 0.000000861. The third-order valence-corrected chi connectivity index (χ3v) is 3.79. The molecule has 2 aliphatic rings. The topological polar surface area (TPSA) is 15.6 Å². The smallest absolute Gasteiger partial charge is 0.0591 e. The molecule has 1 aliphatic carbocycles. The fraction of sp³-hybridized carbons (Fsp3) is 0.588. The molecule has 2 rings (SSSR count). The predicted octanol–water partition coefficient (Wildman–Crippen LogP) is 4.77. The molecule has 106 valence electrons. The van der Waals surface area contributed by atoms with E-state index in [1.807, 2.05) is 13.8 Å². The summed E-state index contributed by atoms with van der Waals surface area (Å²) in [6, 6.07) is 0. The Morgan fingerprint density at radius 3 is 2.63 bits per heavy atom. The van der Waals surface area contributed by atoms with Gasteiger partial charge in [0.05, 0.1) is 5.70 Å². The molecular formula is C17H28N2. The fourth-order valence-electron chi connectivity index (χ4n) is 2.06. The van der Waals surface area contributed by atoms with E-state index in [4.69, 9.17) is 0 Å². The van der Waals surface area contributed by atoms with Crippen LogP contribution < -0.4 is 0 Å². The van der Waals surface area contributed by atoms with Gasteiger partial charge in [0.25, 0.3) is 0 Å². The van der Waals surface area contributed by atoms with Crippen LogP contribution in [0.15, 0.2) is 41.2 Å². The minimum atomic E-state index is 0.186. The summed E-state index contributed by atoms with van der Waals surface area (Å²) in [6.07, 6.45) is 15.5. The number of nitrogens with zero attached hydrogens (tertiary/aromatic N) is 2. The van der Waals surface area contributed by atoms with E-state index in [9.17, 15) is 0 Å². The molecule has 2 heteroatoms. The van der Waals surface area contributed by atoms with Crippen molar-refractivity contribution in [1.29, 1.82) is 0 Å². The highest BCUT2D eigenvalue weighted by molar-refractivity contribution is 5.63. The zero-order valence-electron chi connectivity index (χ0n) is 13.1. The minimum Gasteiger partial charge on any atom is -0.265 e. The zero-order chi connectivity index (χ0) is 14.3. The minimum absolute atomic E-state index is 0.186. The van der Waals surface area contributed by atoms with Gasteiger partial charge in [0, 0.05) is 24.1 Å². The summed E-state index contributed by atoms with van der Waals surface area (Å²) in [5.74, 6) is 0.606. The highest BCUT2D eigenvalue weighted by atomic mass is 15.5. The van der Waals surface area contributed by atoms with Crippen LogP contribution in [0.2, 0.25) is 0 Å². The lowest BCUT2D eigenvalue weighted by Crippen LogP contribution is -2.16. The average molecular weight is 260 g/mol. The van der Waals surface area contributed by atoms with E-state index < -0.39 is 0 Å². The Labute approximate surface area is 118 Å². The van der Waals surface area contributed by atoms with Crippen molar-refractivity contribution in [1.82, 2.24) is 5.01 Å². The van der Waals surface area contributed by atoms with Crippen LogP contribution in [0, 0.1) is 11.3 Å². The second-order valence-electron chi connectivity index (χ2n) is 5.16. The highest BCUT2D eigenvalue weighted by Gasteiger charge is 2.20.